The maximum atomic E-state index is 14.6. The van der Waals surface area contributed by atoms with Gasteiger partial charge in [0.1, 0.15) is 5.82 Å². The first-order valence-corrected chi connectivity index (χ1v) is 8.86. The quantitative estimate of drug-likeness (QED) is 0.729. The Morgan fingerprint density at radius 1 is 0.929 bits per heavy atom. The highest BCUT2D eigenvalue weighted by molar-refractivity contribution is 6.06. The predicted octanol–water partition coefficient (Wildman–Crippen LogP) is 4.59. The number of carboxylic acids is 1. The number of rotatable bonds is 3. The molecule has 1 N–H and O–H groups in total. The second-order valence-electron chi connectivity index (χ2n) is 6.70. The SMILES string of the molecule is O=C(O)C1=C(c2ccc3c(c2)OCO3)c2ccccc2C1c1ccccc1F. The molecule has 0 radical (unpaired) electrons. The van der Waals surface area contributed by atoms with Crippen molar-refractivity contribution in [1.82, 2.24) is 0 Å². The van der Waals surface area contributed by atoms with Crippen molar-refractivity contribution in [3.8, 4) is 11.5 Å². The molecule has 0 spiro atoms. The van der Waals surface area contributed by atoms with Crippen molar-refractivity contribution in [3.63, 3.8) is 0 Å². The van der Waals surface area contributed by atoms with Crippen molar-refractivity contribution in [3.05, 3.63) is 100 Å². The van der Waals surface area contributed by atoms with E-state index in [1.54, 1.807) is 30.3 Å². The average Bonchev–Trinajstić information content (AvgIpc) is 3.30. The Kier molecular flexibility index (Phi) is 3.69. The molecule has 1 atom stereocenters. The van der Waals surface area contributed by atoms with Crippen molar-refractivity contribution in [1.29, 1.82) is 0 Å². The molecule has 0 fully saturated rings. The van der Waals surface area contributed by atoms with E-state index in [4.69, 9.17) is 9.47 Å². The number of hydrogen-bond acceptors (Lipinski definition) is 3. The van der Waals surface area contributed by atoms with E-state index in [0.29, 0.717) is 28.2 Å². The Balaban J connectivity index is 1.80. The smallest absolute Gasteiger partial charge is 0.333 e. The fourth-order valence-electron chi connectivity index (χ4n) is 4.05. The third kappa shape index (κ3) is 2.40. The lowest BCUT2D eigenvalue weighted by molar-refractivity contribution is -0.132. The topological polar surface area (TPSA) is 55.8 Å². The van der Waals surface area contributed by atoms with Crippen molar-refractivity contribution in [2.45, 2.75) is 5.92 Å². The lowest BCUT2D eigenvalue weighted by atomic mass is 9.88. The van der Waals surface area contributed by atoms with Crippen molar-refractivity contribution in [2.24, 2.45) is 0 Å². The van der Waals surface area contributed by atoms with Gasteiger partial charge in [-0.15, -0.1) is 0 Å². The van der Waals surface area contributed by atoms with Crippen LogP contribution in [0, 0.1) is 5.82 Å². The standard InChI is InChI=1S/C23H15FO4/c24-17-8-4-3-7-16(17)21-15-6-2-1-5-14(15)20(22(21)23(25)26)13-9-10-18-19(11-13)28-12-27-18/h1-11,21H,12H2,(H,25,26). The average molecular weight is 374 g/mol. The third-order valence-electron chi connectivity index (χ3n) is 5.21. The number of hydrogen-bond donors (Lipinski definition) is 1. The monoisotopic (exact) mass is 374 g/mol. The minimum atomic E-state index is -1.07. The second-order valence-corrected chi connectivity index (χ2v) is 6.70. The number of carboxylic acid groups (broad SMARTS) is 1. The van der Waals surface area contributed by atoms with Gasteiger partial charge in [0.15, 0.2) is 11.5 Å². The molecular weight excluding hydrogens is 359 g/mol. The van der Waals surface area contributed by atoms with Crippen LogP contribution in [-0.4, -0.2) is 17.9 Å². The Morgan fingerprint density at radius 3 is 2.43 bits per heavy atom. The van der Waals surface area contributed by atoms with E-state index in [1.807, 2.05) is 30.3 Å². The summed E-state index contributed by atoms with van der Waals surface area (Å²) in [7, 11) is 0. The van der Waals surface area contributed by atoms with Gasteiger partial charge in [-0.3, -0.25) is 0 Å². The molecule has 1 heterocycles. The number of halogens is 1. The second kappa shape index (κ2) is 6.23. The molecule has 138 valence electrons. The van der Waals surface area contributed by atoms with E-state index >= 15 is 0 Å². The van der Waals surface area contributed by atoms with E-state index in [-0.39, 0.29) is 12.4 Å². The summed E-state index contributed by atoms with van der Waals surface area (Å²) in [6.07, 6.45) is 0. The van der Waals surface area contributed by atoms with Gasteiger partial charge in [0, 0.05) is 17.1 Å². The fourth-order valence-corrected chi connectivity index (χ4v) is 4.05. The number of benzene rings is 3. The first kappa shape index (κ1) is 16.6. The van der Waals surface area contributed by atoms with Gasteiger partial charge in [0.2, 0.25) is 6.79 Å². The summed E-state index contributed by atoms with van der Waals surface area (Å²) >= 11 is 0. The molecule has 2 aliphatic rings. The predicted molar refractivity (Wildman–Crippen MR) is 101 cm³/mol. The minimum absolute atomic E-state index is 0.137. The number of ether oxygens (including phenoxy) is 2. The highest BCUT2D eigenvalue weighted by Gasteiger charge is 2.38. The first-order valence-electron chi connectivity index (χ1n) is 8.86. The summed E-state index contributed by atoms with van der Waals surface area (Å²) in [6.45, 7) is 0.137. The zero-order valence-corrected chi connectivity index (χ0v) is 14.7. The van der Waals surface area contributed by atoms with Gasteiger partial charge in [-0.25, -0.2) is 9.18 Å². The molecule has 0 bridgehead atoms. The largest absolute Gasteiger partial charge is 0.478 e. The zero-order chi connectivity index (χ0) is 19.3. The number of fused-ring (bicyclic) bond motifs is 2. The maximum absolute atomic E-state index is 14.6. The normalized spacial score (nSPS) is 17.0. The van der Waals surface area contributed by atoms with Crippen molar-refractivity contribution < 1.29 is 23.8 Å². The summed E-state index contributed by atoms with van der Waals surface area (Å²) in [5.41, 5.74) is 3.35. The lowest BCUT2D eigenvalue weighted by Gasteiger charge is -2.15. The molecular formula is C23H15FO4. The molecule has 0 saturated heterocycles. The number of carbonyl (C=O) groups is 1. The molecule has 1 aliphatic carbocycles. The van der Waals surface area contributed by atoms with Gasteiger partial charge in [-0.05, 0) is 34.9 Å². The molecule has 5 rings (SSSR count). The van der Waals surface area contributed by atoms with E-state index in [1.165, 1.54) is 6.07 Å². The molecule has 5 heteroatoms. The first-order chi connectivity index (χ1) is 13.6. The fraction of sp³-hybridized carbons (Fsp3) is 0.0870. The Hall–Kier alpha value is -3.60. The van der Waals surface area contributed by atoms with Crippen LogP contribution in [0.1, 0.15) is 28.2 Å². The van der Waals surface area contributed by atoms with E-state index in [0.717, 1.165) is 11.1 Å². The molecule has 0 aromatic heterocycles. The molecule has 3 aromatic rings. The van der Waals surface area contributed by atoms with Gasteiger partial charge in [0.05, 0.1) is 5.57 Å². The van der Waals surface area contributed by atoms with Crippen LogP contribution in [0.3, 0.4) is 0 Å². The van der Waals surface area contributed by atoms with Crippen LogP contribution in [0.25, 0.3) is 5.57 Å². The molecule has 28 heavy (non-hydrogen) atoms. The third-order valence-corrected chi connectivity index (χ3v) is 5.21. The van der Waals surface area contributed by atoms with Crippen LogP contribution in [-0.2, 0) is 4.79 Å². The summed E-state index contributed by atoms with van der Waals surface area (Å²) in [6, 6.07) is 19.1. The Bertz CT molecular complexity index is 1150. The van der Waals surface area contributed by atoms with Gasteiger partial charge >= 0.3 is 5.97 Å². The van der Waals surface area contributed by atoms with Crippen molar-refractivity contribution >= 4 is 11.5 Å². The molecule has 1 aliphatic heterocycles. The highest BCUT2D eigenvalue weighted by Crippen LogP contribution is 2.49. The van der Waals surface area contributed by atoms with Gasteiger partial charge < -0.3 is 14.6 Å². The molecule has 1 unspecified atom stereocenters. The van der Waals surface area contributed by atoms with Crippen molar-refractivity contribution in [2.75, 3.05) is 6.79 Å². The molecule has 0 saturated carbocycles. The van der Waals surface area contributed by atoms with Crippen LogP contribution in [0.4, 0.5) is 4.39 Å². The highest BCUT2D eigenvalue weighted by atomic mass is 19.1. The molecule has 0 amide bonds. The van der Waals surface area contributed by atoms with Crippen LogP contribution in [0.15, 0.2) is 72.3 Å². The van der Waals surface area contributed by atoms with Crippen LogP contribution >= 0.6 is 0 Å². The molecule has 4 nitrogen and oxygen atoms in total. The van der Waals surface area contributed by atoms with Crippen LogP contribution in [0.5, 0.6) is 11.5 Å². The summed E-state index contributed by atoms with van der Waals surface area (Å²) in [5.74, 6) is -0.986. The minimum Gasteiger partial charge on any atom is -0.478 e. The Labute approximate surface area is 160 Å². The lowest BCUT2D eigenvalue weighted by Crippen LogP contribution is -2.11. The maximum Gasteiger partial charge on any atom is 0.333 e. The van der Waals surface area contributed by atoms with Gasteiger partial charge in [-0.2, -0.15) is 0 Å². The van der Waals surface area contributed by atoms with E-state index in [2.05, 4.69) is 0 Å². The van der Waals surface area contributed by atoms with Gasteiger partial charge in [0.25, 0.3) is 0 Å². The van der Waals surface area contributed by atoms with E-state index in [9.17, 15) is 14.3 Å². The molecule has 3 aromatic carbocycles. The zero-order valence-electron chi connectivity index (χ0n) is 14.7. The summed E-state index contributed by atoms with van der Waals surface area (Å²) in [4.78, 5) is 12.3. The van der Waals surface area contributed by atoms with Crippen LogP contribution in [0.2, 0.25) is 0 Å². The van der Waals surface area contributed by atoms with E-state index < -0.39 is 17.7 Å². The summed E-state index contributed by atoms with van der Waals surface area (Å²) < 4.78 is 25.5. The van der Waals surface area contributed by atoms with Crippen LogP contribution < -0.4 is 9.47 Å². The number of aliphatic carboxylic acids is 1. The van der Waals surface area contributed by atoms with Gasteiger partial charge in [-0.1, -0.05) is 48.5 Å². The Morgan fingerprint density at radius 2 is 1.64 bits per heavy atom. The summed E-state index contributed by atoms with van der Waals surface area (Å²) in [5, 5.41) is 10.1.